The lowest BCUT2D eigenvalue weighted by Gasteiger charge is -2.16. The second-order valence-corrected chi connectivity index (χ2v) is 9.16. The lowest BCUT2D eigenvalue weighted by Crippen LogP contribution is -2.29. The minimum atomic E-state index is -0.893. The Bertz CT molecular complexity index is 1350. The van der Waals surface area contributed by atoms with Gasteiger partial charge in [0.15, 0.2) is 0 Å². The summed E-state index contributed by atoms with van der Waals surface area (Å²) in [5, 5.41) is 10.5. The molecule has 0 unspecified atom stereocenters. The van der Waals surface area contributed by atoms with Crippen molar-refractivity contribution in [2.24, 2.45) is 0 Å². The number of carbonyl (C=O) groups is 1. The molecule has 7 heteroatoms. The summed E-state index contributed by atoms with van der Waals surface area (Å²) in [5.41, 5.74) is 5.69. The number of hydrogen-bond donors (Lipinski definition) is 1. The van der Waals surface area contributed by atoms with Gasteiger partial charge in [-0.1, -0.05) is 25.5 Å². The van der Waals surface area contributed by atoms with E-state index in [0.29, 0.717) is 13.0 Å². The zero-order valence-electron chi connectivity index (χ0n) is 18.3. The number of aliphatic carboxylic acids is 1. The van der Waals surface area contributed by atoms with Crippen molar-refractivity contribution in [1.82, 2.24) is 13.5 Å². The Morgan fingerprint density at radius 3 is 2.61 bits per heavy atom. The van der Waals surface area contributed by atoms with Gasteiger partial charge in [0.25, 0.3) is 0 Å². The monoisotopic (exact) mass is 437 g/mol. The number of benzene rings is 2. The maximum absolute atomic E-state index is 13.6. The minimum absolute atomic E-state index is 0.0706. The van der Waals surface area contributed by atoms with Crippen LogP contribution in [0.15, 0.2) is 35.1 Å². The zero-order chi connectivity index (χ0) is 22.3. The summed E-state index contributed by atoms with van der Waals surface area (Å²) >= 11 is 1.45. The third-order valence-corrected chi connectivity index (χ3v) is 6.64. The number of fused-ring (bicyclic) bond motifs is 2. The fraction of sp³-hybridized carbons (Fsp3) is 0.375. The lowest BCUT2D eigenvalue weighted by atomic mass is 10.1. The van der Waals surface area contributed by atoms with Gasteiger partial charge in [0, 0.05) is 11.4 Å². The first-order valence-electron chi connectivity index (χ1n) is 10.6. The van der Waals surface area contributed by atoms with Crippen LogP contribution in [0.25, 0.3) is 21.1 Å². The van der Waals surface area contributed by atoms with E-state index in [1.807, 2.05) is 32.0 Å². The van der Waals surface area contributed by atoms with Gasteiger partial charge in [-0.3, -0.25) is 13.9 Å². The van der Waals surface area contributed by atoms with Crippen LogP contribution < -0.4 is 5.69 Å². The molecule has 2 aromatic carbocycles. The molecule has 2 aromatic heterocycles. The second kappa shape index (κ2) is 8.30. The first kappa shape index (κ1) is 21.3. The van der Waals surface area contributed by atoms with Gasteiger partial charge >= 0.3 is 11.7 Å². The Morgan fingerprint density at radius 1 is 1.13 bits per heavy atom. The summed E-state index contributed by atoms with van der Waals surface area (Å²) in [7, 11) is 0. The van der Waals surface area contributed by atoms with Crippen molar-refractivity contribution in [3.63, 3.8) is 0 Å². The molecule has 0 bridgehead atoms. The zero-order valence-corrected chi connectivity index (χ0v) is 19.1. The van der Waals surface area contributed by atoms with E-state index in [2.05, 4.69) is 30.4 Å². The fourth-order valence-electron chi connectivity index (χ4n) is 4.53. The second-order valence-electron chi connectivity index (χ2n) is 8.36. The van der Waals surface area contributed by atoms with E-state index in [-0.39, 0.29) is 18.2 Å². The number of nitrogens with zero attached hydrogens (tertiary/aromatic N) is 3. The highest BCUT2D eigenvalue weighted by Crippen LogP contribution is 2.30. The van der Waals surface area contributed by atoms with E-state index in [4.69, 9.17) is 0 Å². The van der Waals surface area contributed by atoms with E-state index >= 15 is 0 Å². The number of carboxylic acid groups (broad SMARTS) is 1. The standard InChI is InChI=1S/C24H27N3O3S/c1-5-6-17(12-22(28)29)27-20-10-14(2)7-8-19(20)26(24(27)30)13-18-23-16(4)9-15(3)11-21(23)31-25-18/h7-11,17H,5-6,12-13H2,1-4H3,(H,28,29)/t17-/m0/s1. The Balaban J connectivity index is 1.91. The third-order valence-electron chi connectivity index (χ3n) is 5.81. The van der Waals surface area contributed by atoms with Crippen LogP contribution in [0.2, 0.25) is 0 Å². The topological polar surface area (TPSA) is 77.1 Å². The van der Waals surface area contributed by atoms with Crippen molar-refractivity contribution in [3.8, 4) is 0 Å². The quantitative estimate of drug-likeness (QED) is 0.431. The molecule has 4 rings (SSSR count). The molecule has 1 N–H and O–H groups in total. The Labute approximate surface area is 184 Å². The summed E-state index contributed by atoms with van der Waals surface area (Å²) in [6.07, 6.45) is 1.37. The molecule has 0 aliphatic rings. The Morgan fingerprint density at radius 2 is 1.90 bits per heavy atom. The normalized spacial score (nSPS) is 12.6. The van der Waals surface area contributed by atoms with Crippen LogP contribution in [0.5, 0.6) is 0 Å². The number of aryl methyl sites for hydroxylation is 3. The number of carboxylic acids is 1. The average molecular weight is 438 g/mol. The molecule has 0 aliphatic carbocycles. The first-order chi connectivity index (χ1) is 14.8. The lowest BCUT2D eigenvalue weighted by molar-refractivity contribution is -0.137. The SMILES string of the molecule is CCC[C@@H](CC(=O)O)n1c(=O)n(Cc2nsc3cc(C)cc(C)c23)c2ccc(C)cc21. The molecule has 2 heterocycles. The van der Waals surface area contributed by atoms with Crippen LogP contribution in [-0.2, 0) is 11.3 Å². The Hall–Kier alpha value is -2.93. The van der Waals surface area contributed by atoms with E-state index in [9.17, 15) is 14.7 Å². The first-order valence-corrected chi connectivity index (χ1v) is 11.4. The van der Waals surface area contributed by atoms with Gasteiger partial charge in [0.2, 0.25) is 0 Å². The third kappa shape index (κ3) is 3.90. The maximum atomic E-state index is 13.6. The highest BCUT2D eigenvalue weighted by atomic mass is 32.1. The molecule has 1 atom stereocenters. The van der Waals surface area contributed by atoms with Crippen molar-refractivity contribution in [2.75, 3.05) is 0 Å². The van der Waals surface area contributed by atoms with Crippen LogP contribution >= 0.6 is 11.5 Å². The number of imidazole rings is 1. The van der Waals surface area contributed by atoms with Crippen LogP contribution in [0.1, 0.15) is 54.6 Å². The highest BCUT2D eigenvalue weighted by molar-refractivity contribution is 7.13. The largest absolute Gasteiger partial charge is 0.481 e. The smallest absolute Gasteiger partial charge is 0.329 e. The molecular weight excluding hydrogens is 410 g/mol. The summed E-state index contributed by atoms with van der Waals surface area (Å²) in [5.74, 6) is -0.893. The summed E-state index contributed by atoms with van der Waals surface area (Å²) < 4.78 is 9.22. The number of rotatable bonds is 7. The minimum Gasteiger partial charge on any atom is -0.481 e. The van der Waals surface area contributed by atoms with E-state index in [1.54, 1.807) is 9.13 Å². The molecule has 6 nitrogen and oxygen atoms in total. The van der Waals surface area contributed by atoms with Gasteiger partial charge in [-0.05, 0) is 73.6 Å². The van der Waals surface area contributed by atoms with Crippen LogP contribution in [0.4, 0.5) is 0 Å². The van der Waals surface area contributed by atoms with Gasteiger partial charge in [-0.2, -0.15) is 4.37 Å². The molecule has 0 saturated carbocycles. The fourth-order valence-corrected chi connectivity index (χ4v) is 5.50. The van der Waals surface area contributed by atoms with E-state index < -0.39 is 5.97 Å². The van der Waals surface area contributed by atoms with Gasteiger partial charge in [-0.15, -0.1) is 0 Å². The van der Waals surface area contributed by atoms with Gasteiger partial charge in [0.05, 0.1) is 34.4 Å². The predicted octanol–water partition coefficient (Wildman–Crippen LogP) is 5.20. The van der Waals surface area contributed by atoms with Crippen LogP contribution in [-0.4, -0.2) is 24.6 Å². The highest BCUT2D eigenvalue weighted by Gasteiger charge is 2.23. The molecule has 0 radical (unpaired) electrons. The van der Waals surface area contributed by atoms with Crippen LogP contribution in [0.3, 0.4) is 0 Å². The molecule has 0 saturated heterocycles. The maximum Gasteiger partial charge on any atom is 0.329 e. The number of hydrogen-bond acceptors (Lipinski definition) is 4. The predicted molar refractivity (Wildman–Crippen MR) is 125 cm³/mol. The van der Waals surface area contributed by atoms with Crippen molar-refractivity contribution >= 4 is 38.6 Å². The van der Waals surface area contributed by atoms with Crippen LogP contribution in [0, 0.1) is 20.8 Å². The van der Waals surface area contributed by atoms with Crippen molar-refractivity contribution in [1.29, 1.82) is 0 Å². The summed E-state index contributed by atoms with van der Waals surface area (Å²) in [4.78, 5) is 25.1. The summed E-state index contributed by atoms with van der Waals surface area (Å²) in [6, 6.07) is 9.81. The number of aromatic nitrogens is 3. The molecular formula is C24H27N3O3S. The Kier molecular flexibility index (Phi) is 5.71. The average Bonchev–Trinajstić information content (AvgIpc) is 3.20. The molecule has 0 amide bonds. The van der Waals surface area contributed by atoms with Crippen molar-refractivity contribution in [2.45, 2.75) is 59.5 Å². The van der Waals surface area contributed by atoms with E-state index in [0.717, 1.165) is 44.4 Å². The van der Waals surface area contributed by atoms with Crippen molar-refractivity contribution in [3.05, 3.63) is 63.2 Å². The summed E-state index contributed by atoms with van der Waals surface area (Å²) in [6.45, 7) is 8.50. The molecule has 0 spiro atoms. The molecule has 4 aromatic rings. The molecule has 0 fully saturated rings. The molecule has 0 aliphatic heterocycles. The molecule has 31 heavy (non-hydrogen) atoms. The molecule has 162 valence electrons. The van der Waals surface area contributed by atoms with Gasteiger partial charge < -0.3 is 5.11 Å². The van der Waals surface area contributed by atoms with Crippen molar-refractivity contribution < 1.29 is 9.90 Å². The van der Waals surface area contributed by atoms with Gasteiger partial charge in [0.1, 0.15) is 0 Å². The van der Waals surface area contributed by atoms with E-state index in [1.165, 1.54) is 17.1 Å². The van der Waals surface area contributed by atoms with Gasteiger partial charge in [-0.25, -0.2) is 4.79 Å².